The Hall–Kier alpha value is -0.740. The number of nitrogens with zero attached hydrogens (tertiary/aromatic N) is 1. The second-order valence-corrected chi connectivity index (χ2v) is 6.49. The van der Waals surface area contributed by atoms with E-state index in [2.05, 4.69) is 0 Å². The lowest BCUT2D eigenvalue weighted by Gasteiger charge is -2.23. The van der Waals surface area contributed by atoms with Crippen molar-refractivity contribution in [2.45, 2.75) is 37.4 Å². The van der Waals surface area contributed by atoms with Crippen LogP contribution in [0.25, 0.3) is 0 Å². The number of rotatable bonds is 6. The lowest BCUT2D eigenvalue weighted by atomic mass is 10.0. The zero-order chi connectivity index (χ0) is 13.0. The van der Waals surface area contributed by atoms with E-state index in [1.807, 2.05) is 0 Å². The average molecular weight is 255 g/mol. The van der Waals surface area contributed by atoms with Gasteiger partial charge in [0.2, 0.25) is 5.92 Å². The molecule has 0 radical (unpaired) electrons. The highest BCUT2D eigenvalue weighted by Gasteiger charge is 2.40. The van der Waals surface area contributed by atoms with Crippen molar-refractivity contribution in [3.63, 3.8) is 0 Å². The Morgan fingerprint density at radius 3 is 2.12 bits per heavy atom. The van der Waals surface area contributed by atoms with Gasteiger partial charge >= 0.3 is 0 Å². The molecule has 7 heteroatoms. The number of sulfone groups is 1. The molecule has 0 aliphatic carbocycles. The van der Waals surface area contributed by atoms with E-state index in [9.17, 15) is 17.2 Å². The molecular formula is C9H15F2NO3S. The maximum Gasteiger partial charge on any atom is 0.245 e. The second-order valence-electron chi connectivity index (χ2n) is 3.96. The largest absolute Gasteiger partial charge is 0.395 e. The molecule has 16 heavy (non-hydrogen) atoms. The summed E-state index contributed by atoms with van der Waals surface area (Å²) < 4.78 is 46.5. The molecule has 0 bridgehead atoms. The van der Waals surface area contributed by atoms with Crippen molar-refractivity contribution in [3.05, 3.63) is 0 Å². The maximum absolute atomic E-state index is 12.6. The first-order valence-electron chi connectivity index (χ1n) is 4.70. The van der Waals surface area contributed by atoms with Crippen LogP contribution in [0, 0.1) is 11.3 Å². The summed E-state index contributed by atoms with van der Waals surface area (Å²) in [5.74, 6) is -3.60. The molecule has 0 aromatic carbocycles. The first-order chi connectivity index (χ1) is 7.08. The minimum absolute atomic E-state index is 0.449. The highest BCUT2D eigenvalue weighted by atomic mass is 32.2. The normalized spacial score (nSPS) is 16.5. The van der Waals surface area contributed by atoms with Gasteiger partial charge in [-0.3, -0.25) is 0 Å². The van der Waals surface area contributed by atoms with E-state index in [1.165, 1.54) is 0 Å². The molecule has 0 aromatic rings. The Morgan fingerprint density at radius 2 is 1.81 bits per heavy atom. The van der Waals surface area contributed by atoms with Crippen molar-refractivity contribution in [2.75, 3.05) is 12.4 Å². The van der Waals surface area contributed by atoms with Gasteiger partial charge in [0.15, 0.2) is 14.6 Å². The van der Waals surface area contributed by atoms with Gasteiger partial charge < -0.3 is 5.11 Å². The minimum atomic E-state index is -3.89. The molecule has 0 saturated carbocycles. The van der Waals surface area contributed by atoms with E-state index < -0.39 is 45.7 Å². The van der Waals surface area contributed by atoms with Crippen LogP contribution in [0.15, 0.2) is 0 Å². The molecule has 0 aromatic heterocycles. The van der Waals surface area contributed by atoms with Gasteiger partial charge in [0.05, 0.1) is 18.4 Å². The molecule has 0 fully saturated rings. The molecule has 1 atom stereocenters. The van der Waals surface area contributed by atoms with E-state index in [1.54, 1.807) is 6.07 Å². The second kappa shape index (κ2) is 5.06. The molecule has 0 heterocycles. The number of halogens is 2. The van der Waals surface area contributed by atoms with E-state index in [0.29, 0.717) is 6.92 Å². The molecule has 0 saturated heterocycles. The Morgan fingerprint density at radius 1 is 1.31 bits per heavy atom. The predicted octanol–water partition coefficient (Wildman–Crippen LogP) is 1.11. The van der Waals surface area contributed by atoms with E-state index in [0.717, 1.165) is 6.92 Å². The summed E-state index contributed by atoms with van der Waals surface area (Å²) in [5, 5.41) is 17.3. The molecule has 0 spiro atoms. The van der Waals surface area contributed by atoms with Crippen LogP contribution in [0.3, 0.4) is 0 Å². The monoisotopic (exact) mass is 255 g/mol. The standard InChI is InChI=1S/C9H15F2NO3S/c1-8(7-12,3-4-9(2,10)11)16(14,15)6-5-13/h13H,3-6H2,1-2H3. The Labute approximate surface area is 93.8 Å². The highest BCUT2D eigenvalue weighted by Crippen LogP contribution is 2.29. The lowest BCUT2D eigenvalue weighted by molar-refractivity contribution is 0.00968. The fraction of sp³-hybridized carbons (Fsp3) is 0.889. The topological polar surface area (TPSA) is 78.2 Å². The van der Waals surface area contributed by atoms with Gasteiger partial charge in [-0.2, -0.15) is 5.26 Å². The number of aliphatic hydroxyl groups excluding tert-OH is 1. The number of nitriles is 1. The fourth-order valence-electron chi connectivity index (χ4n) is 1.08. The van der Waals surface area contributed by atoms with Crippen LogP contribution in [-0.4, -0.2) is 36.6 Å². The van der Waals surface area contributed by atoms with Crippen LogP contribution in [-0.2, 0) is 9.84 Å². The third kappa shape index (κ3) is 4.02. The summed E-state index contributed by atoms with van der Waals surface area (Å²) in [5.41, 5.74) is 0. The van der Waals surface area contributed by atoms with Crippen LogP contribution in [0.5, 0.6) is 0 Å². The van der Waals surface area contributed by atoms with Gasteiger partial charge in [-0.1, -0.05) is 0 Å². The molecule has 0 aliphatic heterocycles. The van der Waals surface area contributed by atoms with Gasteiger partial charge in [0.1, 0.15) is 0 Å². The molecule has 1 unspecified atom stereocenters. The number of hydrogen-bond donors (Lipinski definition) is 1. The first-order valence-corrected chi connectivity index (χ1v) is 6.35. The van der Waals surface area contributed by atoms with Gasteiger partial charge in [-0.25, -0.2) is 17.2 Å². The van der Waals surface area contributed by atoms with Gasteiger partial charge in [0, 0.05) is 6.42 Å². The van der Waals surface area contributed by atoms with Gasteiger partial charge in [-0.05, 0) is 20.3 Å². The summed E-state index contributed by atoms with van der Waals surface area (Å²) in [6.45, 7) is 1.15. The number of alkyl halides is 2. The molecular weight excluding hydrogens is 240 g/mol. The molecule has 4 nitrogen and oxygen atoms in total. The zero-order valence-corrected chi connectivity index (χ0v) is 10.0. The van der Waals surface area contributed by atoms with Gasteiger partial charge in [-0.15, -0.1) is 0 Å². The van der Waals surface area contributed by atoms with Crippen LogP contribution in [0.2, 0.25) is 0 Å². The fourth-order valence-corrected chi connectivity index (χ4v) is 2.33. The number of aliphatic hydroxyl groups is 1. The highest BCUT2D eigenvalue weighted by molar-refractivity contribution is 7.93. The average Bonchev–Trinajstić information content (AvgIpc) is 2.12. The van der Waals surface area contributed by atoms with Crippen LogP contribution in [0.4, 0.5) is 8.78 Å². The van der Waals surface area contributed by atoms with Crippen LogP contribution in [0.1, 0.15) is 26.7 Å². The van der Waals surface area contributed by atoms with E-state index >= 15 is 0 Å². The minimum Gasteiger partial charge on any atom is -0.395 e. The van der Waals surface area contributed by atoms with Crippen molar-refractivity contribution >= 4 is 9.84 Å². The third-order valence-corrected chi connectivity index (χ3v) is 4.71. The summed E-state index contributed by atoms with van der Waals surface area (Å²) >= 11 is 0. The summed E-state index contributed by atoms with van der Waals surface area (Å²) in [6, 6.07) is 1.54. The Kier molecular flexibility index (Phi) is 4.83. The quantitative estimate of drug-likeness (QED) is 0.771. The first kappa shape index (κ1) is 15.3. The van der Waals surface area contributed by atoms with Crippen molar-refractivity contribution < 1.29 is 22.3 Å². The van der Waals surface area contributed by atoms with E-state index in [4.69, 9.17) is 10.4 Å². The van der Waals surface area contributed by atoms with E-state index in [-0.39, 0.29) is 0 Å². The van der Waals surface area contributed by atoms with Crippen LogP contribution < -0.4 is 0 Å². The van der Waals surface area contributed by atoms with Gasteiger partial charge in [0.25, 0.3) is 0 Å². The Balaban J connectivity index is 4.89. The lowest BCUT2D eigenvalue weighted by Crippen LogP contribution is -2.38. The SMILES string of the molecule is CC(F)(F)CCC(C)(C#N)S(=O)(=O)CCO. The number of hydrogen-bond acceptors (Lipinski definition) is 4. The van der Waals surface area contributed by atoms with Crippen molar-refractivity contribution in [1.82, 2.24) is 0 Å². The smallest absolute Gasteiger partial charge is 0.245 e. The van der Waals surface area contributed by atoms with Crippen LogP contribution >= 0.6 is 0 Å². The summed E-state index contributed by atoms with van der Waals surface area (Å²) in [7, 11) is -3.89. The zero-order valence-electron chi connectivity index (χ0n) is 9.20. The Bertz CT molecular complexity index is 369. The van der Waals surface area contributed by atoms with Crippen molar-refractivity contribution in [1.29, 1.82) is 5.26 Å². The molecule has 0 amide bonds. The maximum atomic E-state index is 12.6. The summed E-state index contributed by atoms with van der Waals surface area (Å²) in [4.78, 5) is 0. The van der Waals surface area contributed by atoms with Crippen molar-refractivity contribution in [2.24, 2.45) is 0 Å². The summed E-state index contributed by atoms with van der Waals surface area (Å²) in [6.07, 6.45) is -1.13. The molecule has 0 rings (SSSR count). The van der Waals surface area contributed by atoms with Crippen molar-refractivity contribution in [3.8, 4) is 6.07 Å². The molecule has 94 valence electrons. The molecule has 1 N–H and O–H groups in total. The molecule has 0 aliphatic rings. The predicted molar refractivity (Wildman–Crippen MR) is 54.7 cm³/mol. The third-order valence-electron chi connectivity index (χ3n) is 2.32.